The van der Waals surface area contributed by atoms with Crippen molar-refractivity contribution in [2.45, 2.75) is 0 Å². The van der Waals surface area contributed by atoms with Crippen LogP contribution in [-0.2, 0) is 0 Å². The van der Waals surface area contributed by atoms with Crippen LogP contribution in [0.2, 0.25) is 0 Å². The number of nitrogens with zero attached hydrogens (tertiary/aromatic N) is 5. The van der Waals surface area contributed by atoms with Crippen LogP contribution >= 0.6 is 0 Å². The first-order chi connectivity index (χ1) is 7.11. The molecule has 9 nitrogen and oxygen atoms in total. The molecule has 0 fully saturated rings. The van der Waals surface area contributed by atoms with Gasteiger partial charge >= 0.3 is 5.97 Å². The summed E-state index contributed by atoms with van der Waals surface area (Å²) >= 11 is 0. The smallest absolute Gasteiger partial charge is 0.341 e. The molecule has 0 amide bonds. The highest BCUT2D eigenvalue weighted by Crippen LogP contribution is 2.13. The largest absolute Gasteiger partial charge is 0.477 e. The average Bonchev–Trinajstić information content (AvgIpc) is 2.71. The fourth-order valence-electron chi connectivity index (χ4n) is 1.07. The Hall–Kier alpha value is -2.58. The molecule has 0 aromatic carbocycles. The van der Waals surface area contributed by atoms with Crippen LogP contribution in [0.15, 0.2) is 12.5 Å². The molecule has 5 N–H and O–H groups in total. The number of aromatic nitrogens is 5. The van der Waals surface area contributed by atoms with Crippen LogP contribution in [0.4, 0.5) is 5.82 Å². The minimum absolute atomic E-state index is 0.0535. The van der Waals surface area contributed by atoms with E-state index in [-0.39, 0.29) is 17.3 Å². The Kier molecular flexibility index (Phi) is 1.78. The molecule has 0 radical (unpaired) electrons. The van der Waals surface area contributed by atoms with Gasteiger partial charge in [0.25, 0.3) is 5.95 Å². The van der Waals surface area contributed by atoms with E-state index in [9.17, 15) is 4.79 Å². The predicted octanol–water partition coefficient (Wildman–Crippen LogP) is -1.54. The summed E-state index contributed by atoms with van der Waals surface area (Å²) in [4.78, 5) is 10.7. The molecule has 2 heterocycles. The first-order valence-electron chi connectivity index (χ1n) is 3.83. The van der Waals surface area contributed by atoms with Gasteiger partial charge in [-0.15, -0.1) is 10.2 Å². The average molecular weight is 209 g/mol. The lowest BCUT2D eigenvalue weighted by Gasteiger charge is -2.01. The van der Waals surface area contributed by atoms with E-state index in [0.29, 0.717) is 0 Å². The highest BCUT2D eigenvalue weighted by atomic mass is 16.4. The maximum Gasteiger partial charge on any atom is 0.341 e. The first-order valence-corrected chi connectivity index (χ1v) is 3.83. The second kappa shape index (κ2) is 2.97. The number of carboxylic acid groups (broad SMARTS) is 1. The van der Waals surface area contributed by atoms with Crippen molar-refractivity contribution in [2.24, 2.45) is 0 Å². The zero-order valence-electron chi connectivity index (χ0n) is 7.40. The van der Waals surface area contributed by atoms with Gasteiger partial charge in [0.15, 0.2) is 0 Å². The van der Waals surface area contributed by atoms with Gasteiger partial charge in [0.05, 0.1) is 6.20 Å². The zero-order chi connectivity index (χ0) is 11.0. The predicted molar refractivity (Wildman–Crippen MR) is 48.7 cm³/mol. The van der Waals surface area contributed by atoms with Crippen LogP contribution in [0.25, 0.3) is 5.95 Å². The van der Waals surface area contributed by atoms with Crippen LogP contribution in [-0.4, -0.2) is 35.7 Å². The molecule has 78 valence electrons. The minimum Gasteiger partial charge on any atom is -0.477 e. The molecular formula is C6H7N7O2. The summed E-state index contributed by atoms with van der Waals surface area (Å²) in [7, 11) is 0. The Morgan fingerprint density at radius 3 is 2.73 bits per heavy atom. The van der Waals surface area contributed by atoms with Crippen molar-refractivity contribution < 1.29 is 9.90 Å². The van der Waals surface area contributed by atoms with Crippen molar-refractivity contribution in [2.75, 3.05) is 11.6 Å². The maximum atomic E-state index is 10.7. The fraction of sp³-hybridized carbons (Fsp3) is 0. The van der Waals surface area contributed by atoms with E-state index in [1.807, 2.05) is 0 Å². The molecule has 2 rings (SSSR count). The van der Waals surface area contributed by atoms with Gasteiger partial charge in [-0.3, -0.25) is 0 Å². The van der Waals surface area contributed by atoms with Gasteiger partial charge < -0.3 is 16.7 Å². The van der Waals surface area contributed by atoms with Crippen LogP contribution in [0.5, 0.6) is 0 Å². The molecule has 0 bridgehead atoms. The molecule has 0 atom stereocenters. The molecule has 0 aliphatic rings. The maximum absolute atomic E-state index is 10.7. The fourth-order valence-corrected chi connectivity index (χ4v) is 1.07. The summed E-state index contributed by atoms with van der Waals surface area (Å²) in [5.41, 5.74) is 5.43. The Morgan fingerprint density at radius 2 is 2.27 bits per heavy atom. The summed E-state index contributed by atoms with van der Waals surface area (Å²) in [5.74, 6) is 4.38. The van der Waals surface area contributed by atoms with E-state index < -0.39 is 5.97 Å². The van der Waals surface area contributed by atoms with Crippen molar-refractivity contribution in [3.8, 4) is 5.95 Å². The van der Waals surface area contributed by atoms with Gasteiger partial charge in [0.1, 0.15) is 17.7 Å². The second-order valence-corrected chi connectivity index (χ2v) is 2.70. The molecule has 15 heavy (non-hydrogen) atoms. The quantitative estimate of drug-likeness (QED) is 0.509. The Bertz CT molecular complexity index is 513. The van der Waals surface area contributed by atoms with E-state index in [2.05, 4.69) is 15.3 Å². The summed E-state index contributed by atoms with van der Waals surface area (Å²) in [6.45, 7) is 0. The Morgan fingerprint density at radius 1 is 1.53 bits per heavy atom. The molecule has 0 saturated heterocycles. The minimum atomic E-state index is -1.16. The van der Waals surface area contributed by atoms with Crippen LogP contribution < -0.4 is 11.6 Å². The van der Waals surface area contributed by atoms with Gasteiger partial charge in [-0.1, -0.05) is 0 Å². The zero-order valence-corrected chi connectivity index (χ0v) is 7.40. The summed E-state index contributed by atoms with van der Waals surface area (Å²) < 4.78 is 2.17. The number of hydrogen-bond acceptors (Lipinski definition) is 6. The lowest BCUT2D eigenvalue weighted by atomic mass is 10.3. The van der Waals surface area contributed by atoms with Crippen LogP contribution in [0, 0.1) is 0 Å². The number of nitrogen functional groups attached to an aromatic ring is 2. The van der Waals surface area contributed by atoms with E-state index >= 15 is 0 Å². The molecule has 0 saturated carbocycles. The van der Waals surface area contributed by atoms with Crippen molar-refractivity contribution >= 4 is 11.8 Å². The summed E-state index contributed by atoms with van der Waals surface area (Å²) in [5, 5.41) is 19.6. The molecule has 0 aliphatic heterocycles. The highest BCUT2D eigenvalue weighted by Gasteiger charge is 2.17. The Labute approximate surface area is 82.9 Å². The molecular weight excluding hydrogens is 202 g/mol. The SMILES string of the molecule is Nc1c(C(=O)O)cnn1-c1nncn1N. The van der Waals surface area contributed by atoms with Crippen LogP contribution in [0.1, 0.15) is 10.4 Å². The Balaban J connectivity index is 2.56. The number of carbonyl (C=O) groups is 1. The van der Waals surface area contributed by atoms with Gasteiger partial charge in [0, 0.05) is 0 Å². The van der Waals surface area contributed by atoms with Crippen molar-refractivity contribution in [3.63, 3.8) is 0 Å². The standard InChI is InChI=1S/C6H7N7O2/c7-4-3(5(14)15)1-10-13(4)6-11-9-2-12(6)8/h1-2H,7-8H2,(H,14,15). The lowest BCUT2D eigenvalue weighted by Crippen LogP contribution is -2.16. The van der Waals surface area contributed by atoms with Gasteiger partial charge in [0.2, 0.25) is 0 Å². The van der Waals surface area contributed by atoms with Crippen molar-refractivity contribution in [1.29, 1.82) is 0 Å². The third kappa shape index (κ3) is 1.25. The number of hydrogen-bond donors (Lipinski definition) is 3. The molecule has 0 unspecified atom stereocenters. The van der Waals surface area contributed by atoms with E-state index in [1.165, 1.54) is 6.33 Å². The third-order valence-electron chi connectivity index (χ3n) is 1.78. The lowest BCUT2D eigenvalue weighted by molar-refractivity contribution is 0.0698. The number of rotatable bonds is 2. The van der Waals surface area contributed by atoms with Gasteiger partial charge in [-0.05, 0) is 0 Å². The molecule has 2 aromatic heterocycles. The molecule has 0 spiro atoms. The van der Waals surface area contributed by atoms with E-state index in [4.69, 9.17) is 16.7 Å². The second-order valence-electron chi connectivity index (χ2n) is 2.70. The number of anilines is 1. The monoisotopic (exact) mass is 209 g/mol. The molecule has 2 aromatic rings. The normalized spacial score (nSPS) is 10.4. The number of nitrogens with two attached hydrogens (primary N) is 2. The summed E-state index contributed by atoms with van der Waals surface area (Å²) in [6.07, 6.45) is 2.36. The topological polar surface area (TPSA) is 138 Å². The van der Waals surface area contributed by atoms with E-state index in [0.717, 1.165) is 15.6 Å². The summed E-state index contributed by atoms with van der Waals surface area (Å²) in [6, 6.07) is 0. The highest BCUT2D eigenvalue weighted by molar-refractivity contribution is 5.92. The molecule has 0 aliphatic carbocycles. The third-order valence-corrected chi connectivity index (χ3v) is 1.78. The first kappa shape index (κ1) is 8.99. The van der Waals surface area contributed by atoms with Gasteiger partial charge in [-0.25, -0.2) is 9.47 Å². The molecule has 9 heteroatoms. The van der Waals surface area contributed by atoms with Crippen molar-refractivity contribution in [1.82, 2.24) is 24.7 Å². The van der Waals surface area contributed by atoms with Crippen molar-refractivity contribution in [3.05, 3.63) is 18.1 Å². The number of carboxylic acids is 1. The number of aromatic carboxylic acids is 1. The van der Waals surface area contributed by atoms with Crippen LogP contribution in [0.3, 0.4) is 0 Å². The van der Waals surface area contributed by atoms with E-state index in [1.54, 1.807) is 0 Å². The van der Waals surface area contributed by atoms with Gasteiger partial charge in [-0.2, -0.15) is 9.78 Å².